The third kappa shape index (κ3) is 2.64. The van der Waals surface area contributed by atoms with Crippen molar-refractivity contribution in [1.29, 1.82) is 0 Å². The Kier molecular flexibility index (Phi) is 3.91. The van der Waals surface area contributed by atoms with Crippen molar-refractivity contribution < 1.29 is 19.4 Å². The first-order chi connectivity index (χ1) is 9.03. The van der Waals surface area contributed by atoms with Crippen molar-refractivity contribution in [2.24, 2.45) is 5.92 Å². The summed E-state index contributed by atoms with van der Waals surface area (Å²) in [7, 11) is 0. The molecule has 1 heterocycles. The second-order valence-corrected chi connectivity index (χ2v) is 5.08. The highest BCUT2D eigenvalue weighted by Gasteiger charge is 2.61. The average molecular weight is 268 g/mol. The Morgan fingerprint density at radius 3 is 2.84 bits per heavy atom. The number of carbonyl (C=O) groups is 2. The number of aliphatic hydroxyl groups is 1. The van der Waals surface area contributed by atoms with Crippen LogP contribution in [0.3, 0.4) is 0 Å². The number of carbonyl (C=O) groups excluding carboxylic acids is 2. The lowest BCUT2D eigenvalue weighted by Crippen LogP contribution is -2.51. The van der Waals surface area contributed by atoms with Gasteiger partial charge in [0.05, 0.1) is 18.8 Å². The molecule has 1 saturated carbocycles. The Labute approximate surface area is 112 Å². The van der Waals surface area contributed by atoms with Crippen LogP contribution in [0.4, 0.5) is 0 Å². The fourth-order valence-electron chi connectivity index (χ4n) is 2.49. The van der Waals surface area contributed by atoms with E-state index in [1.54, 1.807) is 13.0 Å². The van der Waals surface area contributed by atoms with Crippen LogP contribution < -0.4 is 10.6 Å². The molecule has 1 saturated heterocycles. The van der Waals surface area contributed by atoms with E-state index >= 15 is 0 Å². The molecule has 106 valence electrons. The molecule has 1 amide bonds. The lowest BCUT2D eigenvalue weighted by molar-refractivity contribution is -0.149. The molecular weight excluding hydrogens is 248 g/mol. The maximum absolute atomic E-state index is 12.1. The van der Waals surface area contributed by atoms with Crippen LogP contribution in [-0.4, -0.2) is 47.8 Å². The molecule has 0 aromatic rings. The molecule has 0 bridgehead atoms. The van der Waals surface area contributed by atoms with Gasteiger partial charge in [0.15, 0.2) is 0 Å². The van der Waals surface area contributed by atoms with E-state index in [9.17, 15) is 14.7 Å². The lowest BCUT2D eigenvalue weighted by Gasteiger charge is -2.19. The number of nitrogens with one attached hydrogen (secondary N) is 2. The lowest BCUT2D eigenvalue weighted by atomic mass is 10.1. The quantitative estimate of drug-likeness (QED) is 0.455. The molecule has 0 aromatic heterocycles. The average Bonchev–Trinajstić information content (AvgIpc) is 2.92. The van der Waals surface area contributed by atoms with Gasteiger partial charge in [0.1, 0.15) is 5.54 Å². The minimum atomic E-state index is -0.954. The first-order valence-corrected chi connectivity index (χ1v) is 6.56. The Hall–Kier alpha value is -1.40. The van der Waals surface area contributed by atoms with Crippen molar-refractivity contribution in [3.8, 4) is 0 Å². The minimum Gasteiger partial charge on any atom is -0.464 e. The Bertz CT molecular complexity index is 398. The summed E-state index contributed by atoms with van der Waals surface area (Å²) >= 11 is 0. The predicted molar refractivity (Wildman–Crippen MR) is 68.2 cm³/mol. The van der Waals surface area contributed by atoms with E-state index in [0.29, 0.717) is 19.4 Å². The molecule has 0 radical (unpaired) electrons. The highest BCUT2D eigenvalue weighted by atomic mass is 16.5. The van der Waals surface area contributed by atoms with Gasteiger partial charge < -0.3 is 20.5 Å². The molecular formula is C13H20N2O4. The topological polar surface area (TPSA) is 87.7 Å². The zero-order valence-electron chi connectivity index (χ0n) is 11.0. The number of hydrogen-bond donors (Lipinski definition) is 3. The molecule has 4 atom stereocenters. The Balaban J connectivity index is 2.00. The van der Waals surface area contributed by atoms with E-state index in [2.05, 4.69) is 17.2 Å². The molecule has 2 unspecified atom stereocenters. The molecule has 19 heavy (non-hydrogen) atoms. The van der Waals surface area contributed by atoms with Gasteiger partial charge in [0, 0.05) is 12.5 Å². The van der Waals surface area contributed by atoms with Crippen molar-refractivity contribution in [3.63, 3.8) is 0 Å². The monoisotopic (exact) mass is 268 g/mol. The van der Waals surface area contributed by atoms with Crippen LogP contribution in [0.15, 0.2) is 12.7 Å². The Morgan fingerprint density at radius 1 is 1.63 bits per heavy atom. The van der Waals surface area contributed by atoms with E-state index in [-0.39, 0.29) is 18.4 Å². The molecule has 6 heteroatoms. The molecule has 2 rings (SSSR count). The van der Waals surface area contributed by atoms with Gasteiger partial charge in [-0.05, 0) is 19.8 Å². The number of amides is 1. The summed E-state index contributed by atoms with van der Waals surface area (Å²) in [5.41, 5.74) is -0.954. The summed E-state index contributed by atoms with van der Waals surface area (Å²) < 4.78 is 5.01. The van der Waals surface area contributed by atoms with Gasteiger partial charge in [-0.15, -0.1) is 6.58 Å². The van der Waals surface area contributed by atoms with Gasteiger partial charge in [-0.25, -0.2) is 4.79 Å². The van der Waals surface area contributed by atoms with E-state index < -0.39 is 23.7 Å². The van der Waals surface area contributed by atoms with Crippen LogP contribution >= 0.6 is 0 Å². The van der Waals surface area contributed by atoms with E-state index in [0.717, 1.165) is 0 Å². The third-order valence-corrected chi connectivity index (χ3v) is 3.71. The molecule has 3 N–H and O–H groups in total. The molecule has 0 aromatic carbocycles. The SMILES string of the molecule is C=C[C@H]1C[C@@]1(NC(=O)C1CC(O)CN1)C(=O)OCC. The van der Waals surface area contributed by atoms with Gasteiger partial charge >= 0.3 is 5.97 Å². The maximum Gasteiger partial charge on any atom is 0.332 e. The number of β-amino-alcohol motifs (C(OH)–C–C–N with tert-alkyl or cyclic N) is 1. The van der Waals surface area contributed by atoms with Crippen LogP contribution in [0.5, 0.6) is 0 Å². The van der Waals surface area contributed by atoms with Gasteiger partial charge in [-0.3, -0.25) is 4.79 Å². The van der Waals surface area contributed by atoms with Crippen LogP contribution in [0.2, 0.25) is 0 Å². The van der Waals surface area contributed by atoms with Crippen molar-refractivity contribution in [2.45, 2.75) is 37.5 Å². The molecule has 6 nitrogen and oxygen atoms in total. The van der Waals surface area contributed by atoms with Crippen LogP contribution in [0.1, 0.15) is 19.8 Å². The smallest absolute Gasteiger partial charge is 0.332 e. The van der Waals surface area contributed by atoms with E-state index in [4.69, 9.17) is 4.74 Å². The summed E-state index contributed by atoms with van der Waals surface area (Å²) in [5, 5.41) is 15.1. The first kappa shape index (κ1) is 14.0. The van der Waals surface area contributed by atoms with Crippen LogP contribution in [0.25, 0.3) is 0 Å². The highest BCUT2D eigenvalue weighted by Crippen LogP contribution is 2.45. The number of esters is 1. The van der Waals surface area contributed by atoms with Crippen LogP contribution in [0, 0.1) is 5.92 Å². The van der Waals surface area contributed by atoms with Gasteiger partial charge in [0.25, 0.3) is 0 Å². The third-order valence-electron chi connectivity index (χ3n) is 3.71. The van der Waals surface area contributed by atoms with Crippen LogP contribution in [-0.2, 0) is 14.3 Å². The van der Waals surface area contributed by atoms with Crippen molar-refractivity contribution in [1.82, 2.24) is 10.6 Å². The zero-order valence-corrected chi connectivity index (χ0v) is 11.0. The summed E-state index contributed by atoms with van der Waals surface area (Å²) in [5.74, 6) is -0.762. The maximum atomic E-state index is 12.1. The molecule has 2 fully saturated rings. The van der Waals surface area contributed by atoms with E-state index in [1.807, 2.05) is 0 Å². The first-order valence-electron chi connectivity index (χ1n) is 6.56. The molecule has 0 spiro atoms. The number of ether oxygens (including phenoxy) is 1. The predicted octanol–water partition coefficient (Wildman–Crippen LogP) is -0.667. The number of rotatable bonds is 5. The summed E-state index contributed by atoms with van der Waals surface area (Å²) in [6.07, 6.45) is 2.04. The van der Waals surface area contributed by atoms with E-state index in [1.165, 1.54) is 0 Å². The Morgan fingerprint density at radius 2 is 2.37 bits per heavy atom. The van der Waals surface area contributed by atoms with Gasteiger partial charge in [0.2, 0.25) is 5.91 Å². The second kappa shape index (κ2) is 5.30. The number of hydrogen-bond acceptors (Lipinski definition) is 5. The molecule has 1 aliphatic heterocycles. The number of aliphatic hydroxyl groups excluding tert-OH is 1. The highest BCUT2D eigenvalue weighted by molar-refractivity contribution is 5.93. The van der Waals surface area contributed by atoms with Crippen molar-refractivity contribution >= 4 is 11.9 Å². The summed E-state index contributed by atoms with van der Waals surface area (Å²) in [6.45, 7) is 6.07. The molecule has 2 aliphatic rings. The van der Waals surface area contributed by atoms with Crippen molar-refractivity contribution in [3.05, 3.63) is 12.7 Å². The summed E-state index contributed by atoms with van der Waals surface area (Å²) in [4.78, 5) is 24.0. The largest absolute Gasteiger partial charge is 0.464 e. The molecule has 1 aliphatic carbocycles. The van der Waals surface area contributed by atoms with Gasteiger partial charge in [-0.2, -0.15) is 0 Å². The second-order valence-electron chi connectivity index (χ2n) is 5.08. The fourth-order valence-corrected chi connectivity index (χ4v) is 2.49. The normalized spacial score (nSPS) is 36.6. The fraction of sp³-hybridized carbons (Fsp3) is 0.692. The standard InChI is InChI=1S/C13H20N2O4/c1-3-8-6-13(8,12(18)19-4-2)15-11(17)10-5-9(16)7-14-10/h3,8-10,14,16H,1,4-7H2,2H3,(H,15,17)/t8-,9?,10?,13-/m0/s1. The summed E-state index contributed by atoms with van der Waals surface area (Å²) in [6, 6.07) is -0.452. The van der Waals surface area contributed by atoms with Gasteiger partial charge in [-0.1, -0.05) is 6.08 Å². The van der Waals surface area contributed by atoms with Crippen molar-refractivity contribution in [2.75, 3.05) is 13.2 Å². The minimum absolute atomic E-state index is 0.0816. The zero-order chi connectivity index (χ0) is 14.0.